The second-order valence-electron chi connectivity index (χ2n) is 8.48. The molecule has 222 valence electrons. The molecule has 0 aliphatic heterocycles. The van der Waals surface area contributed by atoms with E-state index in [0.29, 0.717) is 15.8 Å². The van der Waals surface area contributed by atoms with E-state index >= 15 is 0 Å². The molecule has 41 heavy (non-hydrogen) atoms. The van der Waals surface area contributed by atoms with E-state index in [1.165, 1.54) is 16.3 Å². The Balaban J connectivity index is 2.46. The molecular weight excluding hydrogens is 582 g/mol. The summed E-state index contributed by atoms with van der Waals surface area (Å²) in [6.45, 7) is 4.90. The first kappa shape index (κ1) is 33.2. The first-order valence-electron chi connectivity index (χ1n) is 12.1. The number of rotatable bonds is 13. The maximum atomic E-state index is 12.1. The predicted molar refractivity (Wildman–Crippen MR) is 148 cm³/mol. The molecule has 4 atom stereocenters. The summed E-state index contributed by atoms with van der Waals surface area (Å²) in [6, 6.07) is 7.10. The summed E-state index contributed by atoms with van der Waals surface area (Å²) in [6.07, 6.45) is -4.88. The lowest BCUT2D eigenvalue weighted by Crippen LogP contribution is -2.53. The molecule has 2 aromatic rings. The fourth-order valence-electron chi connectivity index (χ4n) is 3.42. The summed E-state index contributed by atoms with van der Waals surface area (Å²) < 4.78 is 26.3. The van der Waals surface area contributed by atoms with Crippen LogP contribution in [0.15, 0.2) is 34.7 Å². The zero-order chi connectivity index (χ0) is 30.7. The lowest BCUT2D eigenvalue weighted by atomic mass is 10.0. The van der Waals surface area contributed by atoms with Gasteiger partial charge in [0.25, 0.3) is 0 Å². The maximum absolute atomic E-state index is 12.1. The van der Waals surface area contributed by atoms with E-state index in [1.54, 1.807) is 19.2 Å². The van der Waals surface area contributed by atoms with Gasteiger partial charge in [-0.05, 0) is 12.1 Å². The second kappa shape index (κ2) is 15.7. The summed E-state index contributed by atoms with van der Waals surface area (Å²) in [5.74, 6) is -3.99. The van der Waals surface area contributed by atoms with Crippen LogP contribution in [0.1, 0.15) is 34.6 Å². The molecule has 15 heteroatoms. The van der Waals surface area contributed by atoms with Crippen LogP contribution in [-0.4, -0.2) is 79.1 Å². The summed E-state index contributed by atoms with van der Waals surface area (Å²) >= 11 is 7.23. The molecule has 0 saturated heterocycles. The van der Waals surface area contributed by atoms with Gasteiger partial charge in [0.15, 0.2) is 24.4 Å². The molecule has 13 nitrogen and oxygen atoms in total. The highest BCUT2D eigenvalue weighted by molar-refractivity contribution is 7.14. The number of hydrogen-bond acceptors (Lipinski definition) is 14. The van der Waals surface area contributed by atoms with Crippen molar-refractivity contribution in [3.63, 3.8) is 0 Å². The van der Waals surface area contributed by atoms with Gasteiger partial charge in [-0.2, -0.15) is 5.10 Å². The van der Waals surface area contributed by atoms with Crippen LogP contribution >= 0.6 is 22.9 Å². The minimum absolute atomic E-state index is 0.459. The number of carbonyl (C=O) groups is 5. The summed E-state index contributed by atoms with van der Waals surface area (Å²) in [5, 5.41) is 8.52. The Bertz CT molecular complexity index is 1270. The van der Waals surface area contributed by atoms with Gasteiger partial charge in [-0.3, -0.25) is 24.0 Å². The SMILES string of the molecule is CC(=O)OC[C@@H](OC(C)=O)[C@H](OC(C)=O)[C@H](OC(C)=O)[C@H](/C=N\N(C)c1nc(-c2ccc(Cl)cc2)cs1)OC(C)=O. The van der Waals surface area contributed by atoms with E-state index in [1.807, 2.05) is 17.5 Å². The average molecular weight is 612 g/mol. The van der Waals surface area contributed by atoms with Crippen molar-refractivity contribution in [2.75, 3.05) is 18.7 Å². The van der Waals surface area contributed by atoms with Crippen LogP contribution < -0.4 is 5.01 Å². The number of anilines is 1. The van der Waals surface area contributed by atoms with Crippen molar-refractivity contribution < 1.29 is 47.7 Å². The predicted octanol–water partition coefficient (Wildman–Crippen LogP) is 3.18. The van der Waals surface area contributed by atoms with Crippen LogP contribution in [0.3, 0.4) is 0 Å². The van der Waals surface area contributed by atoms with Gasteiger partial charge in [-0.25, -0.2) is 9.99 Å². The Morgan fingerprint density at radius 2 is 1.44 bits per heavy atom. The highest BCUT2D eigenvalue weighted by atomic mass is 35.5. The topological polar surface area (TPSA) is 160 Å². The Morgan fingerprint density at radius 1 is 0.878 bits per heavy atom. The monoisotopic (exact) mass is 611 g/mol. The van der Waals surface area contributed by atoms with Gasteiger partial charge in [0.2, 0.25) is 5.13 Å². The number of esters is 5. The van der Waals surface area contributed by atoms with Crippen LogP contribution in [0.25, 0.3) is 11.3 Å². The number of thiazole rings is 1. The number of carbonyl (C=O) groups excluding carboxylic acids is 5. The van der Waals surface area contributed by atoms with E-state index in [9.17, 15) is 24.0 Å². The molecule has 0 saturated carbocycles. The molecule has 2 rings (SSSR count). The van der Waals surface area contributed by atoms with E-state index in [-0.39, 0.29) is 0 Å². The van der Waals surface area contributed by atoms with Crippen LogP contribution in [0.4, 0.5) is 5.13 Å². The van der Waals surface area contributed by atoms with Gasteiger partial charge in [0.1, 0.15) is 6.61 Å². The van der Waals surface area contributed by atoms with Crippen LogP contribution in [-0.2, 0) is 47.7 Å². The minimum Gasteiger partial charge on any atom is -0.462 e. The van der Waals surface area contributed by atoms with Crippen LogP contribution in [0.5, 0.6) is 0 Å². The molecule has 0 bridgehead atoms. The third-order valence-corrected chi connectivity index (χ3v) is 6.14. The van der Waals surface area contributed by atoms with E-state index in [4.69, 9.17) is 35.3 Å². The van der Waals surface area contributed by atoms with Gasteiger partial charge in [-0.15, -0.1) is 11.3 Å². The molecule has 1 aromatic carbocycles. The summed E-state index contributed by atoms with van der Waals surface area (Å²) in [7, 11) is 1.58. The van der Waals surface area contributed by atoms with Gasteiger partial charge in [0, 0.05) is 57.6 Å². The molecule has 0 amide bonds. The van der Waals surface area contributed by atoms with Crippen molar-refractivity contribution in [3.8, 4) is 11.3 Å². The highest BCUT2D eigenvalue weighted by Crippen LogP contribution is 2.28. The fourth-order valence-corrected chi connectivity index (χ4v) is 4.31. The molecule has 0 aliphatic carbocycles. The van der Waals surface area contributed by atoms with Gasteiger partial charge < -0.3 is 23.7 Å². The smallest absolute Gasteiger partial charge is 0.303 e. The molecular formula is C26H30ClN3O10S. The highest BCUT2D eigenvalue weighted by Gasteiger charge is 2.43. The number of halogens is 1. The third-order valence-electron chi connectivity index (χ3n) is 4.98. The van der Waals surface area contributed by atoms with Gasteiger partial charge in [0.05, 0.1) is 11.9 Å². The Labute approximate surface area is 245 Å². The molecule has 0 fully saturated rings. The molecule has 0 aliphatic rings. The summed E-state index contributed by atoms with van der Waals surface area (Å²) in [4.78, 5) is 64.0. The van der Waals surface area contributed by atoms with Crippen molar-refractivity contribution in [1.82, 2.24) is 4.98 Å². The Morgan fingerprint density at radius 3 is 1.98 bits per heavy atom. The first-order valence-corrected chi connectivity index (χ1v) is 13.3. The van der Waals surface area contributed by atoms with Crippen molar-refractivity contribution in [2.45, 2.75) is 59.0 Å². The number of hydrazone groups is 1. The minimum atomic E-state index is -1.57. The molecule has 0 spiro atoms. The Kier molecular flexibility index (Phi) is 12.7. The molecule has 0 radical (unpaired) electrons. The molecule has 0 unspecified atom stereocenters. The molecule has 0 N–H and O–H groups in total. The van der Waals surface area contributed by atoms with Crippen molar-refractivity contribution >= 4 is 64.1 Å². The average Bonchev–Trinajstić information content (AvgIpc) is 3.36. The second-order valence-corrected chi connectivity index (χ2v) is 9.76. The number of benzene rings is 1. The number of nitrogens with zero attached hydrogens (tertiary/aromatic N) is 3. The van der Waals surface area contributed by atoms with Crippen LogP contribution in [0.2, 0.25) is 5.02 Å². The normalized spacial score (nSPS) is 13.8. The van der Waals surface area contributed by atoms with Crippen molar-refractivity contribution in [1.29, 1.82) is 0 Å². The maximum Gasteiger partial charge on any atom is 0.303 e. The van der Waals surface area contributed by atoms with Gasteiger partial charge >= 0.3 is 29.8 Å². The number of ether oxygens (including phenoxy) is 5. The zero-order valence-corrected chi connectivity index (χ0v) is 24.8. The summed E-state index contributed by atoms with van der Waals surface area (Å²) in [5.41, 5.74) is 1.50. The van der Waals surface area contributed by atoms with E-state index < -0.39 is 60.9 Å². The lowest BCUT2D eigenvalue weighted by Gasteiger charge is -2.34. The Hall–Kier alpha value is -4.04. The van der Waals surface area contributed by atoms with Crippen molar-refractivity contribution in [2.24, 2.45) is 5.10 Å². The van der Waals surface area contributed by atoms with Gasteiger partial charge in [-0.1, -0.05) is 23.7 Å². The zero-order valence-electron chi connectivity index (χ0n) is 23.2. The molecule has 1 aromatic heterocycles. The van der Waals surface area contributed by atoms with E-state index in [0.717, 1.165) is 46.4 Å². The van der Waals surface area contributed by atoms with Crippen molar-refractivity contribution in [3.05, 3.63) is 34.7 Å². The standard InChI is InChI=1S/C26H30ClN3O10S/c1-14(31)36-12-23(38-16(3)33)25(40-18(5)35)24(39-17(4)34)22(37-15(2)32)11-28-30(6)26-29-21(13-41-26)19-7-9-20(27)10-8-19/h7-11,13,22-25H,12H2,1-6H3/b28-11-/t22-,23+,24+,25-/m0/s1. The fraction of sp³-hybridized carbons (Fsp3) is 0.423. The third kappa shape index (κ3) is 11.2. The number of aromatic nitrogens is 1. The largest absolute Gasteiger partial charge is 0.462 e. The van der Waals surface area contributed by atoms with E-state index in [2.05, 4.69) is 10.1 Å². The van der Waals surface area contributed by atoms with Crippen LogP contribution in [0, 0.1) is 0 Å². The first-order chi connectivity index (χ1) is 19.3. The quantitative estimate of drug-likeness (QED) is 0.141. The lowest BCUT2D eigenvalue weighted by molar-refractivity contribution is -0.197. The number of hydrogen-bond donors (Lipinski definition) is 0. The molecule has 1 heterocycles.